The van der Waals surface area contributed by atoms with Crippen molar-refractivity contribution in [3.05, 3.63) is 0 Å². The summed E-state index contributed by atoms with van der Waals surface area (Å²) in [4.78, 5) is 11.1. The molecule has 3 saturated heterocycles. The molecule has 128 valence electrons. The van der Waals surface area contributed by atoms with Gasteiger partial charge in [0.25, 0.3) is 0 Å². The van der Waals surface area contributed by atoms with E-state index in [1.54, 1.807) is 7.11 Å². The Bertz CT molecular complexity index is 376. The third-order valence-corrected chi connectivity index (χ3v) is 5.85. The van der Waals surface area contributed by atoms with Crippen LogP contribution in [0.4, 0.5) is 0 Å². The van der Waals surface area contributed by atoms with E-state index in [4.69, 9.17) is 24.0 Å². The molecule has 5 heteroatoms. The number of rotatable bonds is 1. The summed E-state index contributed by atoms with van der Waals surface area (Å²) in [5.74, 6) is 1.40. The molecule has 1 unspecified atom stereocenters. The first-order chi connectivity index (χ1) is 10.5. The largest absolute Gasteiger partial charge is 0.355 e. The zero-order valence-electron chi connectivity index (χ0n) is 14.2. The zero-order valence-corrected chi connectivity index (χ0v) is 14.2. The second-order valence-corrected chi connectivity index (χ2v) is 7.50. The second-order valence-electron chi connectivity index (χ2n) is 7.50. The fourth-order valence-electron chi connectivity index (χ4n) is 4.08. The van der Waals surface area contributed by atoms with Crippen LogP contribution in [-0.4, -0.2) is 32.1 Å². The van der Waals surface area contributed by atoms with E-state index in [0.717, 1.165) is 19.3 Å². The Morgan fingerprint density at radius 2 is 1.91 bits per heavy atom. The van der Waals surface area contributed by atoms with Crippen molar-refractivity contribution in [2.75, 3.05) is 13.7 Å². The molecule has 0 spiro atoms. The average Bonchev–Trinajstić information content (AvgIpc) is 2.69. The van der Waals surface area contributed by atoms with Gasteiger partial charge in [0.2, 0.25) is 5.79 Å². The monoisotopic (exact) mass is 314 g/mol. The molecule has 0 aliphatic carbocycles. The van der Waals surface area contributed by atoms with Crippen LogP contribution in [0.25, 0.3) is 0 Å². The Hall–Kier alpha value is -0.200. The normalized spacial score (nSPS) is 50.2. The van der Waals surface area contributed by atoms with Gasteiger partial charge in [0.1, 0.15) is 0 Å². The molecule has 0 aromatic rings. The minimum absolute atomic E-state index is 0.205. The molecule has 3 heterocycles. The van der Waals surface area contributed by atoms with Crippen LogP contribution in [0.15, 0.2) is 0 Å². The van der Waals surface area contributed by atoms with E-state index in [1.807, 2.05) is 6.92 Å². The number of hydrogen-bond acceptors (Lipinski definition) is 5. The molecule has 3 aliphatic rings. The summed E-state index contributed by atoms with van der Waals surface area (Å²) in [6.07, 6.45) is 4.71. The topological polar surface area (TPSA) is 46.2 Å². The molecular weight excluding hydrogens is 284 g/mol. The predicted molar refractivity (Wildman–Crippen MR) is 80.6 cm³/mol. The van der Waals surface area contributed by atoms with Gasteiger partial charge in [0.05, 0.1) is 6.61 Å². The van der Waals surface area contributed by atoms with E-state index in [1.165, 1.54) is 12.8 Å². The maximum absolute atomic E-state index is 6.17. The van der Waals surface area contributed by atoms with Crippen molar-refractivity contribution in [3.63, 3.8) is 0 Å². The molecule has 3 fully saturated rings. The lowest BCUT2D eigenvalue weighted by molar-refractivity contribution is -0.453. The Balaban J connectivity index is 1.82. The van der Waals surface area contributed by atoms with Crippen LogP contribution < -0.4 is 0 Å². The van der Waals surface area contributed by atoms with Crippen LogP contribution in [0.5, 0.6) is 0 Å². The van der Waals surface area contributed by atoms with E-state index in [-0.39, 0.29) is 12.6 Å². The predicted octanol–water partition coefficient (Wildman–Crippen LogP) is 3.48. The Kier molecular flexibility index (Phi) is 5.10. The van der Waals surface area contributed by atoms with Gasteiger partial charge in [0, 0.05) is 25.9 Å². The lowest BCUT2D eigenvalue weighted by Gasteiger charge is -2.42. The van der Waals surface area contributed by atoms with Gasteiger partial charge in [-0.2, -0.15) is 0 Å². The molecule has 3 rings (SSSR count). The summed E-state index contributed by atoms with van der Waals surface area (Å²) >= 11 is 0. The third-order valence-electron chi connectivity index (χ3n) is 5.85. The van der Waals surface area contributed by atoms with Crippen LogP contribution >= 0.6 is 0 Å². The molecule has 4 bridgehead atoms. The number of hydrogen-bond donors (Lipinski definition) is 0. The van der Waals surface area contributed by atoms with Crippen molar-refractivity contribution < 1.29 is 24.0 Å². The summed E-state index contributed by atoms with van der Waals surface area (Å²) in [5, 5.41) is 0. The lowest BCUT2D eigenvalue weighted by atomic mass is 9.79. The molecule has 0 amide bonds. The number of methoxy groups -OCH3 is 1. The van der Waals surface area contributed by atoms with E-state index in [9.17, 15) is 0 Å². The van der Waals surface area contributed by atoms with Gasteiger partial charge < -0.3 is 14.2 Å². The van der Waals surface area contributed by atoms with Crippen molar-refractivity contribution >= 4 is 0 Å². The molecule has 0 saturated carbocycles. The van der Waals surface area contributed by atoms with Crippen LogP contribution in [0, 0.1) is 23.7 Å². The van der Waals surface area contributed by atoms with Crippen LogP contribution in [0.3, 0.4) is 0 Å². The van der Waals surface area contributed by atoms with Gasteiger partial charge in [-0.3, -0.25) is 0 Å². The van der Waals surface area contributed by atoms with Crippen LogP contribution in [0.2, 0.25) is 0 Å². The van der Waals surface area contributed by atoms with Gasteiger partial charge >= 0.3 is 0 Å². The molecule has 5 nitrogen and oxygen atoms in total. The molecule has 0 radical (unpaired) electrons. The van der Waals surface area contributed by atoms with Gasteiger partial charge in [0.15, 0.2) is 12.6 Å². The van der Waals surface area contributed by atoms with Gasteiger partial charge in [-0.05, 0) is 37.5 Å². The van der Waals surface area contributed by atoms with Crippen molar-refractivity contribution in [2.45, 2.75) is 71.2 Å². The molecule has 0 aromatic heterocycles. The van der Waals surface area contributed by atoms with E-state index < -0.39 is 5.79 Å². The summed E-state index contributed by atoms with van der Waals surface area (Å²) < 4.78 is 17.7. The molecule has 0 N–H and O–H groups in total. The maximum atomic E-state index is 6.17. The highest BCUT2D eigenvalue weighted by atomic mass is 17.2. The van der Waals surface area contributed by atoms with Crippen LogP contribution in [-0.2, 0) is 24.0 Å². The summed E-state index contributed by atoms with van der Waals surface area (Å²) in [6, 6.07) is 0. The zero-order chi connectivity index (χ0) is 15.7. The minimum Gasteiger partial charge on any atom is -0.355 e. The van der Waals surface area contributed by atoms with Crippen molar-refractivity contribution in [1.29, 1.82) is 0 Å². The summed E-state index contributed by atoms with van der Waals surface area (Å²) in [7, 11) is 1.71. The first-order valence-electron chi connectivity index (χ1n) is 8.67. The average molecular weight is 314 g/mol. The molecule has 7 atom stereocenters. The van der Waals surface area contributed by atoms with Gasteiger partial charge in [-0.1, -0.05) is 20.3 Å². The standard InChI is InChI=1S/C17H30O5/c1-11-5-6-13-9-15(20-16(18-4)12(13)2)21-17(3)8-7-14(11)10-19-22-17/h11-16H,5-10H2,1-4H3/t11-,12-,13-,14-,15-,16?,17+/m1/s1. The fourth-order valence-corrected chi connectivity index (χ4v) is 4.08. The molecule has 22 heavy (non-hydrogen) atoms. The number of fused-ring (bicyclic) bond motifs is 5. The van der Waals surface area contributed by atoms with Gasteiger partial charge in [-0.25, -0.2) is 9.78 Å². The number of ether oxygens (including phenoxy) is 3. The highest BCUT2D eigenvalue weighted by Crippen LogP contribution is 2.41. The Morgan fingerprint density at radius 1 is 1.09 bits per heavy atom. The van der Waals surface area contributed by atoms with Crippen molar-refractivity contribution in [3.8, 4) is 0 Å². The molecule has 0 aromatic carbocycles. The first-order valence-corrected chi connectivity index (χ1v) is 8.67. The quantitative estimate of drug-likeness (QED) is 0.693. The van der Waals surface area contributed by atoms with E-state index >= 15 is 0 Å². The second kappa shape index (κ2) is 6.73. The van der Waals surface area contributed by atoms with Crippen LogP contribution in [0.1, 0.15) is 52.9 Å². The smallest absolute Gasteiger partial charge is 0.201 e. The SMILES string of the molecule is COC1O[C@H]2C[C@@H](CC[C@@H](C)[C@@H]3CC[C@](C)(OOC3)O2)[C@H]1C. The summed E-state index contributed by atoms with van der Waals surface area (Å²) in [6.45, 7) is 7.18. The maximum Gasteiger partial charge on any atom is 0.201 e. The van der Waals surface area contributed by atoms with Gasteiger partial charge in [-0.15, -0.1) is 0 Å². The Morgan fingerprint density at radius 3 is 2.68 bits per heavy atom. The van der Waals surface area contributed by atoms with E-state index in [0.29, 0.717) is 30.3 Å². The van der Waals surface area contributed by atoms with Crippen molar-refractivity contribution in [2.24, 2.45) is 23.7 Å². The fraction of sp³-hybridized carbons (Fsp3) is 1.00. The lowest BCUT2D eigenvalue weighted by Crippen LogP contribution is -2.46. The molecular formula is C17H30O5. The Labute approximate surface area is 133 Å². The minimum atomic E-state index is -0.729. The first kappa shape index (κ1) is 16.7. The van der Waals surface area contributed by atoms with Crippen molar-refractivity contribution in [1.82, 2.24) is 0 Å². The third kappa shape index (κ3) is 3.49. The summed E-state index contributed by atoms with van der Waals surface area (Å²) in [5.41, 5.74) is 0. The van der Waals surface area contributed by atoms with E-state index in [2.05, 4.69) is 13.8 Å². The highest BCUT2D eigenvalue weighted by molar-refractivity contribution is 4.81. The highest BCUT2D eigenvalue weighted by Gasteiger charge is 2.43. The molecule has 3 aliphatic heterocycles.